The van der Waals surface area contributed by atoms with E-state index in [4.69, 9.17) is 5.26 Å². The van der Waals surface area contributed by atoms with Crippen LogP contribution in [-0.2, 0) is 7.05 Å². The first-order valence-corrected chi connectivity index (χ1v) is 6.32. The highest BCUT2D eigenvalue weighted by Crippen LogP contribution is 2.24. The summed E-state index contributed by atoms with van der Waals surface area (Å²) in [6.07, 6.45) is 0. The van der Waals surface area contributed by atoms with Crippen molar-refractivity contribution < 1.29 is 9.90 Å². The molecule has 1 heterocycles. The van der Waals surface area contributed by atoms with Crippen LogP contribution in [0.15, 0.2) is 29.1 Å². The summed E-state index contributed by atoms with van der Waals surface area (Å²) in [5, 5.41) is 19.2. The molecule has 2 aromatic rings. The lowest BCUT2D eigenvalue weighted by Gasteiger charge is -2.12. The summed E-state index contributed by atoms with van der Waals surface area (Å²) in [4.78, 5) is 24.5. The Bertz CT molecular complexity index is 842. The number of hydrogen-bond acceptors (Lipinski definition) is 4. The fraction of sp³-hybridized carbons (Fsp3) is 0.188. The van der Waals surface area contributed by atoms with Crippen LogP contribution in [-0.4, -0.2) is 15.5 Å². The Morgan fingerprint density at radius 2 is 2.00 bits per heavy atom. The number of hydrogen-bond donors (Lipinski definition) is 1. The summed E-state index contributed by atoms with van der Waals surface area (Å²) in [5.74, 6) is -0.844. The summed E-state index contributed by atoms with van der Waals surface area (Å²) in [7, 11) is 1.32. The Hall–Kier alpha value is -2.87. The fourth-order valence-electron chi connectivity index (χ4n) is 2.22. The van der Waals surface area contributed by atoms with E-state index in [0.717, 1.165) is 10.1 Å². The van der Waals surface area contributed by atoms with Crippen LogP contribution in [0.3, 0.4) is 0 Å². The quantitative estimate of drug-likeness (QED) is 0.851. The summed E-state index contributed by atoms with van der Waals surface area (Å²) >= 11 is 0. The van der Waals surface area contributed by atoms with Crippen molar-refractivity contribution in [3.05, 3.63) is 62.4 Å². The lowest BCUT2D eigenvalue weighted by Crippen LogP contribution is -2.24. The standard InChI is InChI=1S/C16H14N2O3/c1-9-5-4-6-11(7-9)14(19)13-10(2)12(8-17)15(20)18(3)16(13)21/h4-7,21H,1-3H3. The van der Waals surface area contributed by atoms with Crippen LogP contribution < -0.4 is 5.56 Å². The molecule has 0 radical (unpaired) electrons. The van der Waals surface area contributed by atoms with Crippen molar-refractivity contribution in [2.24, 2.45) is 7.05 Å². The topological polar surface area (TPSA) is 83.1 Å². The molecule has 0 bridgehead atoms. The average molecular weight is 282 g/mol. The van der Waals surface area contributed by atoms with Gasteiger partial charge in [-0.3, -0.25) is 14.2 Å². The van der Waals surface area contributed by atoms with Crippen molar-refractivity contribution in [3.8, 4) is 11.9 Å². The number of carbonyl (C=O) groups is 1. The van der Waals surface area contributed by atoms with Crippen LogP contribution in [0, 0.1) is 25.2 Å². The average Bonchev–Trinajstić information content (AvgIpc) is 2.45. The zero-order chi connectivity index (χ0) is 15.7. The number of pyridine rings is 1. The van der Waals surface area contributed by atoms with Gasteiger partial charge in [-0.05, 0) is 25.5 Å². The van der Waals surface area contributed by atoms with E-state index in [9.17, 15) is 14.7 Å². The number of nitrogens with zero attached hydrogens (tertiary/aromatic N) is 2. The zero-order valence-corrected chi connectivity index (χ0v) is 12.0. The molecule has 0 aliphatic carbocycles. The highest BCUT2D eigenvalue weighted by atomic mass is 16.3. The summed E-state index contributed by atoms with van der Waals surface area (Å²) in [5.41, 5.74) is 0.739. The van der Waals surface area contributed by atoms with Crippen LogP contribution in [0.25, 0.3) is 0 Å². The number of benzene rings is 1. The van der Waals surface area contributed by atoms with E-state index in [1.807, 2.05) is 13.0 Å². The third kappa shape index (κ3) is 2.32. The molecule has 0 unspecified atom stereocenters. The van der Waals surface area contributed by atoms with Crippen molar-refractivity contribution in [2.75, 3.05) is 0 Å². The molecule has 0 spiro atoms. The Labute approximate surface area is 121 Å². The molecule has 2 rings (SSSR count). The molecule has 0 saturated heterocycles. The van der Waals surface area contributed by atoms with Crippen molar-refractivity contribution >= 4 is 5.78 Å². The van der Waals surface area contributed by atoms with Gasteiger partial charge in [0.25, 0.3) is 5.56 Å². The minimum atomic E-state index is -0.617. The lowest BCUT2D eigenvalue weighted by molar-refractivity contribution is 0.103. The maximum atomic E-state index is 12.6. The van der Waals surface area contributed by atoms with Gasteiger partial charge in [0.15, 0.2) is 5.78 Å². The summed E-state index contributed by atoms with van der Waals surface area (Å²) < 4.78 is 0.911. The van der Waals surface area contributed by atoms with Gasteiger partial charge in [-0.25, -0.2) is 0 Å². The third-order valence-electron chi connectivity index (χ3n) is 3.43. The highest BCUT2D eigenvalue weighted by Gasteiger charge is 2.23. The molecule has 1 aromatic carbocycles. The van der Waals surface area contributed by atoms with E-state index in [-0.39, 0.29) is 16.7 Å². The molecule has 0 saturated carbocycles. The van der Waals surface area contributed by atoms with Gasteiger partial charge in [0.05, 0.1) is 5.56 Å². The van der Waals surface area contributed by atoms with E-state index >= 15 is 0 Å². The third-order valence-corrected chi connectivity index (χ3v) is 3.43. The van der Waals surface area contributed by atoms with Gasteiger partial charge < -0.3 is 5.11 Å². The SMILES string of the molecule is Cc1cccc(C(=O)c2c(C)c(C#N)c(=O)n(C)c2O)c1. The van der Waals surface area contributed by atoms with Gasteiger partial charge in [0, 0.05) is 12.6 Å². The first kappa shape index (κ1) is 14.5. The highest BCUT2D eigenvalue weighted by molar-refractivity contribution is 6.11. The molecular formula is C16H14N2O3. The Morgan fingerprint density at radius 3 is 2.57 bits per heavy atom. The number of aryl methyl sites for hydroxylation is 1. The maximum Gasteiger partial charge on any atom is 0.271 e. The Kier molecular flexibility index (Phi) is 3.64. The van der Waals surface area contributed by atoms with E-state index in [2.05, 4.69) is 0 Å². The molecule has 5 heteroatoms. The second kappa shape index (κ2) is 5.25. The smallest absolute Gasteiger partial charge is 0.271 e. The Morgan fingerprint density at radius 1 is 1.33 bits per heavy atom. The molecule has 106 valence electrons. The summed E-state index contributed by atoms with van der Waals surface area (Å²) in [6, 6.07) is 8.71. The predicted molar refractivity (Wildman–Crippen MR) is 77.4 cm³/mol. The largest absolute Gasteiger partial charge is 0.494 e. The minimum Gasteiger partial charge on any atom is -0.494 e. The van der Waals surface area contributed by atoms with Crippen molar-refractivity contribution in [1.82, 2.24) is 4.57 Å². The first-order chi connectivity index (χ1) is 9.88. The normalized spacial score (nSPS) is 10.2. The monoisotopic (exact) mass is 282 g/mol. The minimum absolute atomic E-state index is 0.0146. The number of rotatable bonds is 2. The number of nitriles is 1. The first-order valence-electron chi connectivity index (χ1n) is 6.32. The van der Waals surface area contributed by atoms with Gasteiger partial charge in [-0.1, -0.05) is 23.8 Å². The molecule has 0 amide bonds. The van der Waals surface area contributed by atoms with Crippen molar-refractivity contribution in [2.45, 2.75) is 13.8 Å². The van der Waals surface area contributed by atoms with Crippen LogP contribution in [0.2, 0.25) is 0 Å². The van der Waals surface area contributed by atoms with Crippen LogP contribution >= 0.6 is 0 Å². The molecule has 21 heavy (non-hydrogen) atoms. The maximum absolute atomic E-state index is 12.6. The number of ketones is 1. The Balaban J connectivity index is 2.76. The number of carbonyl (C=O) groups excluding carboxylic acids is 1. The van der Waals surface area contributed by atoms with E-state index < -0.39 is 17.2 Å². The predicted octanol–water partition coefficient (Wildman–Crippen LogP) is 1.81. The molecular weight excluding hydrogens is 268 g/mol. The van der Waals surface area contributed by atoms with E-state index in [1.54, 1.807) is 24.3 Å². The molecule has 0 atom stereocenters. The van der Waals surface area contributed by atoms with E-state index in [0.29, 0.717) is 5.56 Å². The fourth-order valence-corrected chi connectivity index (χ4v) is 2.22. The molecule has 1 N–H and O–H groups in total. The van der Waals surface area contributed by atoms with Crippen LogP contribution in [0.5, 0.6) is 5.88 Å². The molecule has 5 nitrogen and oxygen atoms in total. The van der Waals surface area contributed by atoms with Crippen molar-refractivity contribution in [3.63, 3.8) is 0 Å². The number of aromatic nitrogens is 1. The number of aromatic hydroxyl groups is 1. The van der Waals surface area contributed by atoms with Gasteiger partial charge in [0.1, 0.15) is 11.6 Å². The second-order valence-electron chi connectivity index (χ2n) is 4.87. The van der Waals surface area contributed by atoms with Crippen LogP contribution in [0.4, 0.5) is 0 Å². The van der Waals surface area contributed by atoms with Crippen molar-refractivity contribution in [1.29, 1.82) is 5.26 Å². The zero-order valence-electron chi connectivity index (χ0n) is 12.0. The molecule has 0 aliphatic heterocycles. The molecule has 0 fully saturated rings. The summed E-state index contributed by atoms with van der Waals surface area (Å²) in [6.45, 7) is 3.34. The van der Waals surface area contributed by atoms with Gasteiger partial charge in [-0.15, -0.1) is 0 Å². The van der Waals surface area contributed by atoms with Gasteiger partial charge in [-0.2, -0.15) is 5.26 Å². The van der Waals surface area contributed by atoms with E-state index in [1.165, 1.54) is 14.0 Å². The van der Waals surface area contributed by atoms with Crippen LogP contribution in [0.1, 0.15) is 32.6 Å². The lowest BCUT2D eigenvalue weighted by atomic mass is 9.96. The molecule has 0 aliphatic rings. The van der Waals surface area contributed by atoms with Gasteiger partial charge >= 0.3 is 0 Å². The van der Waals surface area contributed by atoms with Gasteiger partial charge in [0.2, 0.25) is 5.88 Å². The molecule has 1 aromatic heterocycles. The second-order valence-corrected chi connectivity index (χ2v) is 4.87.